The van der Waals surface area contributed by atoms with E-state index in [4.69, 9.17) is 4.74 Å². The molecule has 2 atom stereocenters. The molecule has 0 unspecified atom stereocenters. The number of benzene rings is 2. The largest absolute Gasteiger partial charge is 0.481 e. The van der Waals surface area contributed by atoms with Crippen LogP contribution in [0.4, 0.5) is 0 Å². The molecule has 4 heteroatoms. The Kier molecular flexibility index (Phi) is 5.23. The van der Waals surface area contributed by atoms with Crippen molar-refractivity contribution in [2.24, 2.45) is 0 Å². The van der Waals surface area contributed by atoms with Crippen LogP contribution in [0.5, 0.6) is 0 Å². The average Bonchev–Trinajstić information content (AvgIpc) is 2.62. The van der Waals surface area contributed by atoms with Gasteiger partial charge in [-0.1, -0.05) is 70.2 Å². The number of thioether (sulfide) groups is 1. The molecule has 1 heterocycles. The molecule has 0 amide bonds. The Morgan fingerprint density at radius 3 is 2.43 bits per heavy atom. The van der Waals surface area contributed by atoms with Crippen LogP contribution >= 0.6 is 27.7 Å². The molecule has 0 aromatic heterocycles. The summed E-state index contributed by atoms with van der Waals surface area (Å²) in [6, 6.07) is 18.4. The van der Waals surface area contributed by atoms with Crippen LogP contribution in [0.25, 0.3) is 0 Å². The first kappa shape index (κ1) is 16.3. The first-order valence-corrected chi connectivity index (χ1v) is 9.46. The van der Waals surface area contributed by atoms with Crippen molar-refractivity contribution in [2.75, 3.05) is 6.26 Å². The summed E-state index contributed by atoms with van der Waals surface area (Å²) in [4.78, 5) is 12.1. The number of hydrogen-bond donors (Lipinski definition) is 0. The van der Waals surface area contributed by atoms with E-state index in [1.54, 1.807) is 6.26 Å². The van der Waals surface area contributed by atoms with E-state index in [9.17, 15) is 4.79 Å². The van der Waals surface area contributed by atoms with Crippen molar-refractivity contribution in [2.45, 2.75) is 18.4 Å². The minimum absolute atomic E-state index is 0.0206. The second-order valence-electron chi connectivity index (χ2n) is 5.43. The second kappa shape index (κ2) is 7.37. The van der Waals surface area contributed by atoms with Crippen LogP contribution in [0, 0.1) is 0 Å². The summed E-state index contributed by atoms with van der Waals surface area (Å²) in [6.07, 6.45) is 4.47. The summed E-state index contributed by atoms with van der Waals surface area (Å²) in [6.45, 7) is 0. The molecule has 2 nitrogen and oxygen atoms in total. The minimum atomic E-state index is -0.107. The lowest BCUT2D eigenvalue weighted by Gasteiger charge is -2.29. The van der Waals surface area contributed by atoms with E-state index < -0.39 is 0 Å². The van der Waals surface area contributed by atoms with Gasteiger partial charge in [-0.15, -0.1) is 0 Å². The molecule has 0 radical (unpaired) electrons. The predicted octanol–water partition coefficient (Wildman–Crippen LogP) is 5.47. The number of ether oxygens (including phenoxy) is 1. The van der Waals surface area contributed by atoms with Crippen molar-refractivity contribution in [1.82, 2.24) is 0 Å². The zero-order valence-corrected chi connectivity index (χ0v) is 15.1. The predicted molar refractivity (Wildman–Crippen MR) is 98.4 cm³/mol. The van der Waals surface area contributed by atoms with Gasteiger partial charge in [0.2, 0.25) is 0 Å². The van der Waals surface area contributed by atoms with Crippen molar-refractivity contribution < 1.29 is 9.53 Å². The fourth-order valence-corrected chi connectivity index (χ4v) is 3.33. The summed E-state index contributed by atoms with van der Waals surface area (Å²) in [5.74, 6) is 0.648. The van der Waals surface area contributed by atoms with Crippen LogP contribution in [-0.2, 0) is 9.53 Å². The van der Waals surface area contributed by atoms with Gasteiger partial charge in [-0.2, -0.15) is 0 Å². The van der Waals surface area contributed by atoms with Crippen molar-refractivity contribution >= 4 is 32.8 Å². The van der Waals surface area contributed by atoms with Gasteiger partial charge in [-0.05, 0) is 42.0 Å². The van der Waals surface area contributed by atoms with E-state index in [0.29, 0.717) is 5.76 Å². The van der Waals surface area contributed by atoms with E-state index in [1.165, 1.54) is 17.3 Å². The monoisotopic (exact) mass is 388 g/mol. The Labute approximate surface area is 149 Å². The SMILES string of the molecule is CSC(=O)C1=C[C@@H](c2ccccc2)C[C@H](c2ccc(Br)cc2)O1. The van der Waals surface area contributed by atoms with Crippen LogP contribution in [0.3, 0.4) is 0 Å². The van der Waals surface area contributed by atoms with E-state index in [1.807, 2.05) is 48.5 Å². The van der Waals surface area contributed by atoms with E-state index in [0.717, 1.165) is 16.5 Å². The molecule has 0 saturated carbocycles. The molecule has 0 bridgehead atoms. The van der Waals surface area contributed by atoms with Crippen LogP contribution in [0.2, 0.25) is 0 Å². The number of carbonyl (C=O) groups excluding carboxylic acids is 1. The molecule has 1 aliphatic rings. The van der Waals surface area contributed by atoms with Crippen molar-refractivity contribution in [3.63, 3.8) is 0 Å². The maximum absolute atomic E-state index is 12.1. The van der Waals surface area contributed by atoms with E-state index in [2.05, 4.69) is 28.1 Å². The molecule has 2 aromatic carbocycles. The molecule has 0 aliphatic carbocycles. The number of carbonyl (C=O) groups is 1. The topological polar surface area (TPSA) is 26.3 Å². The third-order valence-corrected chi connectivity index (χ3v) is 5.05. The summed E-state index contributed by atoms with van der Waals surface area (Å²) in [5.41, 5.74) is 2.30. The first-order valence-electron chi connectivity index (χ1n) is 7.44. The molecule has 118 valence electrons. The van der Waals surface area contributed by atoms with Crippen LogP contribution in [0.15, 0.2) is 70.9 Å². The van der Waals surface area contributed by atoms with Gasteiger partial charge < -0.3 is 4.74 Å². The smallest absolute Gasteiger partial charge is 0.253 e. The van der Waals surface area contributed by atoms with Gasteiger partial charge in [-0.3, -0.25) is 4.79 Å². The minimum Gasteiger partial charge on any atom is -0.481 e. The first-order chi connectivity index (χ1) is 11.2. The molecule has 3 rings (SSSR count). The number of allylic oxidation sites excluding steroid dienone is 1. The quantitative estimate of drug-likeness (QED) is 0.697. The Bertz CT molecular complexity index is 710. The second-order valence-corrected chi connectivity index (χ2v) is 7.13. The highest BCUT2D eigenvalue weighted by atomic mass is 79.9. The lowest BCUT2D eigenvalue weighted by molar-refractivity contribution is -0.112. The Morgan fingerprint density at radius 2 is 1.78 bits per heavy atom. The molecule has 0 saturated heterocycles. The fourth-order valence-electron chi connectivity index (χ4n) is 2.75. The fraction of sp³-hybridized carbons (Fsp3) is 0.211. The van der Waals surface area contributed by atoms with Gasteiger partial charge in [-0.25, -0.2) is 0 Å². The van der Waals surface area contributed by atoms with Crippen LogP contribution in [-0.4, -0.2) is 11.4 Å². The van der Waals surface area contributed by atoms with Gasteiger partial charge in [0.05, 0.1) is 0 Å². The van der Waals surface area contributed by atoms with Crippen LogP contribution in [0.1, 0.15) is 29.6 Å². The Morgan fingerprint density at radius 1 is 1.09 bits per heavy atom. The van der Waals surface area contributed by atoms with Crippen molar-refractivity contribution in [1.29, 1.82) is 0 Å². The summed E-state index contributed by atoms with van der Waals surface area (Å²) in [7, 11) is 0. The highest BCUT2D eigenvalue weighted by Crippen LogP contribution is 2.39. The van der Waals surface area contributed by atoms with Gasteiger partial charge >= 0.3 is 0 Å². The van der Waals surface area contributed by atoms with E-state index in [-0.39, 0.29) is 17.1 Å². The van der Waals surface area contributed by atoms with Gasteiger partial charge in [0.1, 0.15) is 6.10 Å². The summed E-state index contributed by atoms with van der Waals surface area (Å²) in [5, 5.41) is -0.0206. The zero-order valence-electron chi connectivity index (χ0n) is 12.7. The molecule has 1 aliphatic heterocycles. The number of halogens is 1. The molecule has 2 aromatic rings. The highest BCUT2D eigenvalue weighted by Gasteiger charge is 2.28. The summed E-state index contributed by atoms with van der Waals surface area (Å²) >= 11 is 4.64. The Balaban J connectivity index is 1.93. The standard InChI is InChI=1S/C19H17BrO2S/c1-23-19(21)18-12-15(13-5-3-2-4-6-13)11-17(22-18)14-7-9-16(20)10-8-14/h2-10,12,15,17H,11H2,1H3/t15-,17+/m0/s1. The molecule has 23 heavy (non-hydrogen) atoms. The average molecular weight is 389 g/mol. The zero-order chi connectivity index (χ0) is 16.2. The molecular formula is C19H17BrO2S. The van der Waals surface area contributed by atoms with E-state index >= 15 is 0 Å². The van der Waals surface area contributed by atoms with Crippen LogP contribution < -0.4 is 0 Å². The molecular weight excluding hydrogens is 372 g/mol. The highest BCUT2D eigenvalue weighted by molar-refractivity contribution is 9.10. The van der Waals surface area contributed by atoms with Gasteiger partial charge in [0.15, 0.2) is 5.76 Å². The maximum Gasteiger partial charge on any atom is 0.253 e. The van der Waals surface area contributed by atoms with Gasteiger partial charge in [0.25, 0.3) is 5.12 Å². The molecule has 0 spiro atoms. The maximum atomic E-state index is 12.1. The third-order valence-electron chi connectivity index (χ3n) is 3.95. The number of hydrogen-bond acceptors (Lipinski definition) is 3. The number of rotatable bonds is 3. The van der Waals surface area contributed by atoms with Crippen molar-refractivity contribution in [3.8, 4) is 0 Å². The summed E-state index contributed by atoms with van der Waals surface area (Å²) < 4.78 is 7.03. The molecule has 0 fully saturated rings. The Hall–Kier alpha value is -1.52. The van der Waals surface area contributed by atoms with Gasteiger partial charge in [0, 0.05) is 10.4 Å². The lowest BCUT2D eigenvalue weighted by atomic mass is 9.88. The molecule has 0 N–H and O–H groups in total. The lowest BCUT2D eigenvalue weighted by Crippen LogP contribution is -2.18. The normalized spacial score (nSPS) is 20.5. The third kappa shape index (κ3) is 3.88. The van der Waals surface area contributed by atoms with Crippen molar-refractivity contribution in [3.05, 3.63) is 82.0 Å².